The maximum absolute atomic E-state index is 6.38. The number of fused-ring (bicyclic) bond motifs is 15. The van der Waals surface area contributed by atoms with Gasteiger partial charge in [0, 0.05) is 26.9 Å². The lowest BCUT2D eigenvalue weighted by atomic mass is 9.98. The first-order valence-electron chi connectivity index (χ1n) is 14.6. The molecular weight excluding hydrogens is 524 g/mol. The first-order valence-corrected chi connectivity index (χ1v) is 14.6. The molecule has 0 saturated heterocycles. The predicted octanol–water partition coefficient (Wildman–Crippen LogP) is 11.0. The molecule has 0 fully saturated rings. The Kier molecular flexibility index (Phi) is 4.45. The molecule has 0 aliphatic heterocycles. The van der Waals surface area contributed by atoms with Crippen LogP contribution in [0.4, 0.5) is 0 Å². The molecule has 0 aliphatic carbocycles. The summed E-state index contributed by atoms with van der Waals surface area (Å²) in [7, 11) is 0. The molecular formula is C40H22N2O. The standard InChI is InChI=1S/C40H22N2O/c1-2-11-30-29(10-1)27-15-17-37-34(21-27)39-32(12-5-13-38(39)43-37)40-41-35-22-36(42-40)33-20-26(14-16-31(30)33)24-7-3-6-23(18-24)25-8-4-9-28(35)19-25/h1-22H. The van der Waals surface area contributed by atoms with Crippen molar-refractivity contribution in [1.82, 2.24) is 9.97 Å². The number of hydrogen-bond acceptors (Lipinski definition) is 3. The number of hydrogen-bond donors (Lipinski definition) is 0. The fourth-order valence-electron chi connectivity index (χ4n) is 6.91. The summed E-state index contributed by atoms with van der Waals surface area (Å²) in [5, 5.41) is 14.5. The van der Waals surface area contributed by atoms with Gasteiger partial charge in [-0.1, -0.05) is 91.0 Å². The summed E-state index contributed by atoms with van der Waals surface area (Å²) >= 11 is 0. The van der Waals surface area contributed by atoms with Crippen LogP contribution in [-0.2, 0) is 0 Å². The number of benzene rings is 6. The Morgan fingerprint density at radius 1 is 0.349 bits per heavy atom. The Hall–Kier alpha value is -5.80. The zero-order valence-electron chi connectivity index (χ0n) is 23.0. The van der Waals surface area contributed by atoms with E-state index in [9.17, 15) is 0 Å². The lowest BCUT2D eigenvalue weighted by molar-refractivity contribution is 0.669. The molecule has 0 unspecified atom stereocenters. The number of furan rings is 1. The summed E-state index contributed by atoms with van der Waals surface area (Å²) in [6, 6.07) is 47.8. The molecule has 10 aromatic rings. The third kappa shape index (κ3) is 3.30. The van der Waals surface area contributed by atoms with Crippen LogP contribution in [-0.4, -0.2) is 9.97 Å². The van der Waals surface area contributed by atoms with Crippen LogP contribution in [0.1, 0.15) is 0 Å². The van der Waals surface area contributed by atoms with Crippen molar-refractivity contribution in [1.29, 1.82) is 0 Å². The summed E-state index contributed by atoms with van der Waals surface area (Å²) in [4.78, 5) is 10.6. The molecule has 198 valence electrons. The van der Waals surface area contributed by atoms with Crippen LogP contribution < -0.4 is 0 Å². The van der Waals surface area contributed by atoms with Gasteiger partial charge in [0.05, 0.1) is 11.0 Å². The Labute approximate surface area is 245 Å². The molecule has 0 spiro atoms. The van der Waals surface area contributed by atoms with Crippen molar-refractivity contribution in [3.05, 3.63) is 133 Å². The van der Waals surface area contributed by atoms with E-state index in [0.29, 0.717) is 5.65 Å². The van der Waals surface area contributed by atoms with Crippen molar-refractivity contribution in [3.63, 3.8) is 0 Å². The molecule has 7 aromatic carbocycles. The summed E-state index contributed by atoms with van der Waals surface area (Å²) in [5.74, 6) is 0. The minimum Gasteiger partial charge on any atom is -0.456 e. The third-order valence-corrected chi connectivity index (χ3v) is 8.97. The van der Waals surface area contributed by atoms with Crippen LogP contribution in [0, 0.1) is 0 Å². The quantitative estimate of drug-likeness (QED) is 0.190. The molecule has 3 heteroatoms. The van der Waals surface area contributed by atoms with Crippen LogP contribution in [0.2, 0.25) is 0 Å². The number of nitrogens with zero attached hydrogens (tertiary/aromatic N) is 2. The SMILES string of the molecule is c1cc2cc(c1)c1ccc3c(c1)c1cc(nc(n1)c1cccc4oc5ccc(cc5c41)c1ccccc13)c1cccc2c1. The van der Waals surface area contributed by atoms with Crippen molar-refractivity contribution >= 4 is 97.9 Å². The second kappa shape index (κ2) is 8.37. The molecule has 3 nitrogen and oxygen atoms in total. The predicted molar refractivity (Wildman–Crippen MR) is 181 cm³/mol. The monoisotopic (exact) mass is 546 g/mol. The van der Waals surface area contributed by atoms with E-state index in [2.05, 4.69) is 121 Å². The Balaban J connectivity index is 1.62. The lowest BCUT2D eigenvalue weighted by Crippen LogP contribution is -1.88. The van der Waals surface area contributed by atoms with Gasteiger partial charge in [0.1, 0.15) is 11.2 Å². The minimum absolute atomic E-state index is 0.692. The highest BCUT2D eigenvalue weighted by molar-refractivity contribution is 6.21. The van der Waals surface area contributed by atoms with E-state index in [1.54, 1.807) is 0 Å². The van der Waals surface area contributed by atoms with Gasteiger partial charge < -0.3 is 4.42 Å². The van der Waals surface area contributed by atoms with E-state index in [1.807, 2.05) is 12.1 Å². The molecule has 0 atom stereocenters. The van der Waals surface area contributed by atoms with Crippen molar-refractivity contribution in [3.8, 4) is 0 Å². The minimum atomic E-state index is 0.692. The van der Waals surface area contributed by atoms with Gasteiger partial charge in [-0.2, -0.15) is 0 Å². The first-order chi connectivity index (χ1) is 21.3. The number of aromatic nitrogens is 2. The van der Waals surface area contributed by atoms with Gasteiger partial charge in [0.25, 0.3) is 0 Å². The number of rotatable bonds is 0. The van der Waals surface area contributed by atoms with E-state index < -0.39 is 0 Å². The van der Waals surface area contributed by atoms with E-state index in [1.165, 1.54) is 21.5 Å². The van der Waals surface area contributed by atoms with E-state index in [0.717, 1.165) is 70.7 Å². The van der Waals surface area contributed by atoms with Crippen LogP contribution in [0.5, 0.6) is 0 Å². The fourth-order valence-corrected chi connectivity index (χ4v) is 6.91. The van der Waals surface area contributed by atoms with Crippen molar-refractivity contribution in [2.75, 3.05) is 0 Å². The Morgan fingerprint density at radius 3 is 1.84 bits per heavy atom. The highest BCUT2D eigenvalue weighted by Crippen LogP contribution is 2.37. The molecule has 0 N–H and O–H groups in total. The fraction of sp³-hybridized carbons (Fsp3) is 0. The van der Waals surface area contributed by atoms with Crippen LogP contribution in [0.25, 0.3) is 97.9 Å². The average Bonchev–Trinajstić information content (AvgIpc) is 3.45. The van der Waals surface area contributed by atoms with Crippen molar-refractivity contribution < 1.29 is 4.42 Å². The topological polar surface area (TPSA) is 38.9 Å². The van der Waals surface area contributed by atoms with Gasteiger partial charge in [-0.15, -0.1) is 0 Å². The zero-order chi connectivity index (χ0) is 28.1. The Bertz CT molecular complexity index is 2850. The molecule has 0 radical (unpaired) electrons. The van der Waals surface area contributed by atoms with Gasteiger partial charge in [-0.25, -0.2) is 9.97 Å². The molecule has 11 bridgehead atoms. The average molecular weight is 547 g/mol. The van der Waals surface area contributed by atoms with Crippen LogP contribution >= 0.6 is 0 Å². The molecule has 10 rings (SSSR count). The highest BCUT2D eigenvalue weighted by Gasteiger charge is 2.13. The molecule has 0 aliphatic rings. The zero-order valence-corrected chi connectivity index (χ0v) is 23.0. The maximum Gasteiger partial charge on any atom is 0.161 e. The van der Waals surface area contributed by atoms with Gasteiger partial charge in [0.15, 0.2) is 5.65 Å². The lowest BCUT2D eigenvalue weighted by Gasteiger charge is -2.07. The normalized spacial score (nSPS) is 12.2. The van der Waals surface area contributed by atoms with Crippen molar-refractivity contribution in [2.45, 2.75) is 0 Å². The molecule has 0 saturated carbocycles. The molecule has 43 heavy (non-hydrogen) atoms. The van der Waals surface area contributed by atoms with E-state index in [4.69, 9.17) is 14.4 Å². The van der Waals surface area contributed by atoms with E-state index in [-0.39, 0.29) is 0 Å². The smallest absolute Gasteiger partial charge is 0.161 e. The summed E-state index contributed by atoms with van der Waals surface area (Å²) < 4.78 is 6.38. The second-order valence-electron chi connectivity index (χ2n) is 11.4. The van der Waals surface area contributed by atoms with Crippen molar-refractivity contribution in [2.24, 2.45) is 0 Å². The van der Waals surface area contributed by atoms with E-state index >= 15 is 0 Å². The van der Waals surface area contributed by atoms with Gasteiger partial charge in [-0.05, 0) is 85.6 Å². The van der Waals surface area contributed by atoms with Gasteiger partial charge >= 0.3 is 0 Å². The highest BCUT2D eigenvalue weighted by atomic mass is 16.3. The molecule has 3 aromatic heterocycles. The largest absolute Gasteiger partial charge is 0.456 e. The molecule has 3 heterocycles. The summed E-state index contributed by atoms with van der Waals surface area (Å²) in [6.45, 7) is 0. The molecule has 0 amide bonds. The van der Waals surface area contributed by atoms with Crippen LogP contribution in [0.15, 0.2) is 138 Å². The first kappa shape index (κ1) is 22.8. The maximum atomic E-state index is 6.38. The second-order valence-corrected chi connectivity index (χ2v) is 11.4. The summed E-state index contributed by atoms with van der Waals surface area (Å²) in [6.07, 6.45) is 0. The third-order valence-electron chi connectivity index (χ3n) is 8.97. The summed E-state index contributed by atoms with van der Waals surface area (Å²) in [5.41, 5.74) is 4.18. The van der Waals surface area contributed by atoms with Gasteiger partial charge in [0.2, 0.25) is 0 Å². The Morgan fingerprint density at radius 2 is 0.977 bits per heavy atom. The van der Waals surface area contributed by atoms with Gasteiger partial charge in [-0.3, -0.25) is 0 Å². The van der Waals surface area contributed by atoms with Crippen LogP contribution in [0.3, 0.4) is 0 Å².